The molecular formula is C23H34N6O2. The molecule has 1 fully saturated rings. The van der Waals surface area contributed by atoms with Crippen LogP contribution in [0.25, 0.3) is 0 Å². The number of aryl methyl sites for hydroxylation is 1. The summed E-state index contributed by atoms with van der Waals surface area (Å²) in [5.74, 6) is 0.514. The Kier molecular flexibility index (Phi) is 7.33. The van der Waals surface area contributed by atoms with E-state index in [-0.39, 0.29) is 23.4 Å². The predicted octanol–water partition coefficient (Wildman–Crippen LogP) is 3.28. The van der Waals surface area contributed by atoms with Crippen LogP contribution in [-0.2, 0) is 16.6 Å². The number of carbonyl (C=O) groups is 2. The summed E-state index contributed by atoms with van der Waals surface area (Å²) in [6.07, 6.45) is 2.52. The van der Waals surface area contributed by atoms with Crippen LogP contribution in [0, 0.1) is 0 Å². The minimum absolute atomic E-state index is 0.0280. The number of amides is 3. The minimum atomic E-state index is -0.504. The van der Waals surface area contributed by atoms with Crippen molar-refractivity contribution in [1.29, 1.82) is 0 Å². The third-order valence-corrected chi connectivity index (χ3v) is 5.38. The fourth-order valence-corrected chi connectivity index (χ4v) is 3.50. The molecule has 0 spiro atoms. The molecule has 0 bridgehead atoms. The van der Waals surface area contributed by atoms with Crippen LogP contribution >= 0.6 is 0 Å². The van der Waals surface area contributed by atoms with Gasteiger partial charge in [-0.15, -0.1) is 0 Å². The summed E-state index contributed by atoms with van der Waals surface area (Å²) in [6, 6.07) is 11.9. The highest BCUT2D eigenvalue weighted by Crippen LogP contribution is 2.26. The van der Waals surface area contributed by atoms with Gasteiger partial charge in [0, 0.05) is 30.5 Å². The zero-order chi connectivity index (χ0) is 22.4. The molecule has 8 heteroatoms. The van der Waals surface area contributed by atoms with Gasteiger partial charge in [0.2, 0.25) is 5.91 Å². The van der Waals surface area contributed by atoms with Crippen molar-refractivity contribution < 1.29 is 9.59 Å². The largest absolute Gasteiger partial charge is 0.338 e. The highest BCUT2D eigenvalue weighted by Gasteiger charge is 2.30. The first kappa shape index (κ1) is 22.8. The molecule has 1 aliphatic heterocycles. The van der Waals surface area contributed by atoms with Gasteiger partial charge in [-0.25, -0.2) is 9.48 Å². The van der Waals surface area contributed by atoms with Crippen LogP contribution in [0.15, 0.2) is 36.4 Å². The van der Waals surface area contributed by atoms with Crippen molar-refractivity contribution in [2.75, 3.05) is 11.9 Å². The summed E-state index contributed by atoms with van der Waals surface area (Å²) >= 11 is 0. The Morgan fingerprint density at radius 1 is 1.26 bits per heavy atom. The number of nitrogens with one attached hydrogen (secondary N) is 4. The lowest BCUT2D eigenvalue weighted by Gasteiger charge is -2.32. The van der Waals surface area contributed by atoms with Gasteiger partial charge in [0.15, 0.2) is 6.29 Å². The molecule has 0 saturated carbocycles. The Morgan fingerprint density at radius 2 is 2.00 bits per heavy atom. The van der Waals surface area contributed by atoms with Gasteiger partial charge >= 0.3 is 6.03 Å². The van der Waals surface area contributed by atoms with Crippen LogP contribution in [-0.4, -0.2) is 34.3 Å². The predicted molar refractivity (Wildman–Crippen MR) is 122 cm³/mol. The number of rotatable bonds is 7. The van der Waals surface area contributed by atoms with E-state index in [0.29, 0.717) is 18.8 Å². The number of benzene rings is 1. The van der Waals surface area contributed by atoms with Crippen molar-refractivity contribution in [1.82, 2.24) is 25.7 Å². The van der Waals surface area contributed by atoms with Crippen LogP contribution < -0.4 is 21.3 Å². The van der Waals surface area contributed by atoms with Crippen molar-refractivity contribution in [3.05, 3.63) is 47.7 Å². The van der Waals surface area contributed by atoms with Crippen molar-refractivity contribution in [2.24, 2.45) is 0 Å². The van der Waals surface area contributed by atoms with Crippen molar-refractivity contribution in [3.8, 4) is 0 Å². The molecule has 2 aromatic rings. The number of aromatic nitrogens is 2. The summed E-state index contributed by atoms with van der Waals surface area (Å²) < 4.78 is 1.66. The average molecular weight is 427 g/mol. The molecule has 1 aromatic heterocycles. The maximum Gasteiger partial charge on any atom is 0.320 e. The molecule has 1 aliphatic rings. The van der Waals surface area contributed by atoms with Crippen molar-refractivity contribution in [3.63, 3.8) is 0 Å². The zero-order valence-electron chi connectivity index (χ0n) is 18.9. The van der Waals surface area contributed by atoms with E-state index in [9.17, 15) is 9.59 Å². The third-order valence-electron chi connectivity index (χ3n) is 5.38. The molecule has 168 valence electrons. The van der Waals surface area contributed by atoms with Crippen molar-refractivity contribution in [2.45, 2.75) is 71.1 Å². The molecule has 4 N–H and O–H groups in total. The minimum Gasteiger partial charge on any atom is -0.338 e. The van der Waals surface area contributed by atoms with E-state index in [1.165, 1.54) is 5.56 Å². The molecular weight excluding hydrogens is 392 g/mol. The van der Waals surface area contributed by atoms with Gasteiger partial charge < -0.3 is 10.6 Å². The fraction of sp³-hybridized carbons (Fsp3) is 0.522. The molecule has 8 nitrogen and oxygen atoms in total. The van der Waals surface area contributed by atoms with Crippen LogP contribution in [0.1, 0.15) is 64.5 Å². The lowest BCUT2D eigenvalue weighted by atomic mass is 9.92. The Morgan fingerprint density at radius 3 is 2.68 bits per heavy atom. The number of carbonyl (C=O) groups excluding carboxylic acids is 2. The summed E-state index contributed by atoms with van der Waals surface area (Å²) in [5, 5.41) is 16.8. The smallest absolute Gasteiger partial charge is 0.320 e. The lowest BCUT2D eigenvalue weighted by Crippen LogP contribution is -2.53. The van der Waals surface area contributed by atoms with Crippen molar-refractivity contribution >= 4 is 17.8 Å². The summed E-state index contributed by atoms with van der Waals surface area (Å²) in [5.41, 5.74) is 1.89. The van der Waals surface area contributed by atoms with Gasteiger partial charge in [-0.1, -0.05) is 58.0 Å². The quantitative estimate of drug-likeness (QED) is 0.511. The third kappa shape index (κ3) is 6.30. The Hall–Kier alpha value is -2.87. The monoisotopic (exact) mass is 426 g/mol. The van der Waals surface area contributed by atoms with E-state index >= 15 is 0 Å². The molecule has 1 aromatic carbocycles. The second kappa shape index (κ2) is 9.96. The Labute approximate surface area is 184 Å². The van der Waals surface area contributed by atoms with E-state index in [4.69, 9.17) is 5.10 Å². The van der Waals surface area contributed by atoms with Gasteiger partial charge in [0.05, 0.1) is 5.69 Å². The van der Waals surface area contributed by atoms with Crippen LogP contribution in [0.2, 0.25) is 0 Å². The molecule has 1 saturated heterocycles. The molecule has 3 rings (SSSR count). The van der Waals surface area contributed by atoms with Crippen LogP contribution in [0.4, 0.5) is 10.6 Å². The average Bonchev–Trinajstić information content (AvgIpc) is 3.16. The molecule has 0 radical (unpaired) electrons. The maximum absolute atomic E-state index is 12.5. The topological polar surface area (TPSA) is 100 Å². The Bertz CT molecular complexity index is 887. The van der Waals surface area contributed by atoms with Gasteiger partial charge in [-0.2, -0.15) is 5.10 Å². The normalized spacial score (nSPS) is 19.0. The standard InChI is InChI=1S/C23H34N6O2/c1-5-17-14-20(30)27-21(25-17)29-19(15-18(28-29)23(2,3)4)26-22(31)24-13-9-12-16-10-7-6-8-11-16/h6-8,10-11,15,17,21,25H,5,9,12-14H2,1-4H3,(H,27,30)(H2,24,26,31). The van der Waals surface area contributed by atoms with E-state index in [2.05, 4.69) is 54.2 Å². The number of urea groups is 1. The number of hydrogen-bond donors (Lipinski definition) is 4. The second-order valence-corrected chi connectivity index (χ2v) is 9.03. The van der Waals surface area contributed by atoms with E-state index in [0.717, 1.165) is 25.0 Å². The molecule has 3 amide bonds. The summed E-state index contributed by atoms with van der Waals surface area (Å²) in [4.78, 5) is 24.7. The van der Waals surface area contributed by atoms with Crippen LogP contribution in [0.5, 0.6) is 0 Å². The first-order valence-corrected chi connectivity index (χ1v) is 11.0. The zero-order valence-corrected chi connectivity index (χ0v) is 18.9. The molecule has 0 aliphatic carbocycles. The van der Waals surface area contributed by atoms with Gasteiger partial charge in [-0.3, -0.25) is 15.4 Å². The van der Waals surface area contributed by atoms with E-state index in [1.54, 1.807) is 4.68 Å². The summed E-state index contributed by atoms with van der Waals surface area (Å²) in [6.45, 7) is 8.80. The number of nitrogens with zero attached hydrogens (tertiary/aromatic N) is 2. The molecule has 2 atom stereocenters. The molecule has 2 unspecified atom stereocenters. The first-order chi connectivity index (χ1) is 14.8. The molecule has 2 heterocycles. The highest BCUT2D eigenvalue weighted by molar-refractivity contribution is 5.88. The van der Waals surface area contributed by atoms with Gasteiger partial charge in [0.25, 0.3) is 0 Å². The summed E-state index contributed by atoms with van der Waals surface area (Å²) in [7, 11) is 0. The second-order valence-electron chi connectivity index (χ2n) is 9.03. The number of anilines is 1. The van der Waals surface area contributed by atoms with Crippen LogP contribution in [0.3, 0.4) is 0 Å². The fourth-order valence-electron chi connectivity index (χ4n) is 3.50. The SMILES string of the molecule is CCC1CC(=O)NC(n2nc(C(C)(C)C)cc2NC(=O)NCCCc2ccccc2)N1. The number of hydrogen-bond acceptors (Lipinski definition) is 4. The first-order valence-electron chi connectivity index (χ1n) is 11.0. The highest BCUT2D eigenvalue weighted by atomic mass is 16.2. The lowest BCUT2D eigenvalue weighted by molar-refractivity contribution is -0.125. The molecule has 31 heavy (non-hydrogen) atoms. The Balaban J connectivity index is 1.65. The van der Waals surface area contributed by atoms with E-state index < -0.39 is 6.29 Å². The van der Waals surface area contributed by atoms with Gasteiger partial charge in [-0.05, 0) is 24.8 Å². The maximum atomic E-state index is 12.5. The van der Waals surface area contributed by atoms with Gasteiger partial charge in [0.1, 0.15) is 5.82 Å². The van der Waals surface area contributed by atoms with E-state index in [1.807, 2.05) is 31.2 Å².